The molecular formula is C21H28FIN4O2S. The van der Waals surface area contributed by atoms with Gasteiger partial charge in [-0.3, -0.25) is 4.99 Å². The molecule has 0 amide bonds. The van der Waals surface area contributed by atoms with Gasteiger partial charge < -0.3 is 10.6 Å². The van der Waals surface area contributed by atoms with E-state index < -0.39 is 10.0 Å². The first-order chi connectivity index (χ1) is 13.9. The molecule has 3 N–H and O–H groups in total. The number of sulfonamides is 1. The molecule has 30 heavy (non-hydrogen) atoms. The third-order valence-electron chi connectivity index (χ3n) is 5.12. The highest BCUT2D eigenvalue weighted by Gasteiger charge is 2.45. The predicted molar refractivity (Wildman–Crippen MR) is 129 cm³/mol. The molecule has 0 heterocycles. The highest BCUT2D eigenvalue weighted by Crippen LogP contribution is 2.48. The van der Waals surface area contributed by atoms with Crippen molar-refractivity contribution in [3.8, 4) is 0 Å². The third-order valence-corrected chi connectivity index (χ3v) is 6.44. The van der Waals surface area contributed by atoms with Crippen molar-refractivity contribution in [2.75, 3.05) is 25.9 Å². The summed E-state index contributed by atoms with van der Waals surface area (Å²) in [4.78, 5) is 4.13. The molecule has 1 saturated carbocycles. The van der Waals surface area contributed by atoms with Gasteiger partial charge in [0.25, 0.3) is 0 Å². The lowest BCUT2D eigenvalue weighted by molar-refractivity contribution is 0.559. The summed E-state index contributed by atoms with van der Waals surface area (Å²) in [6.45, 7) is 1.03. The van der Waals surface area contributed by atoms with Crippen molar-refractivity contribution in [1.82, 2.24) is 15.4 Å². The highest BCUT2D eigenvalue weighted by molar-refractivity contribution is 14.0. The van der Waals surface area contributed by atoms with Crippen LogP contribution in [0.5, 0.6) is 0 Å². The number of rotatable bonds is 9. The van der Waals surface area contributed by atoms with E-state index in [0.717, 1.165) is 24.0 Å². The Morgan fingerprint density at radius 3 is 2.37 bits per heavy atom. The monoisotopic (exact) mass is 546 g/mol. The molecule has 0 atom stereocenters. The molecule has 2 aromatic rings. The van der Waals surface area contributed by atoms with Crippen molar-refractivity contribution in [3.63, 3.8) is 0 Å². The van der Waals surface area contributed by atoms with E-state index in [1.165, 1.54) is 6.07 Å². The first kappa shape index (κ1) is 24.5. The summed E-state index contributed by atoms with van der Waals surface area (Å²) >= 11 is 0. The molecule has 6 nitrogen and oxygen atoms in total. The number of guanidine groups is 1. The normalized spacial score (nSPS) is 15.2. The van der Waals surface area contributed by atoms with Crippen molar-refractivity contribution in [1.29, 1.82) is 0 Å². The molecule has 9 heteroatoms. The van der Waals surface area contributed by atoms with Crippen LogP contribution < -0.4 is 15.4 Å². The average Bonchev–Trinajstić information content (AvgIpc) is 3.51. The van der Waals surface area contributed by atoms with Crippen molar-refractivity contribution >= 4 is 40.0 Å². The Balaban J connectivity index is 0.00000320. The summed E-state index contributed by atoms with van der Waals surface area (Å²) in [7, 11) is -1.78. The third kappa shape index (κ3) is 6.92. The van der Waals surface area contributed by atoms with Gasteiger partial charge in [0.15, 0.2) is 5.96 Å². The molecule has 1 aliphatic rings. The number of benzene rings is 2. The van der Waals surface area contributed by atoms with Crippen molar-refractivity contribution in [2.45, 2.75) is 24.8 Å². The van der Waals surface area contributed by atoms with E-state index >= 15 is 0 Å². The predicted octanol–water partition coefficient (Wildman–Crippen LogP) is 2.76. The summed E-state index contributed by atoms with van der Waals surface area (Å²) in [6.07, 6.45) is 1.82. The van der Waals surface area contributed by atoms with E-state index in [1.807, 2.05) is 42.5 Å². The molecule has 164 valence electrons. The summed E-state index contributed by atoms with van der Waals surface area (Å²) in [5.41, 5.74) is 1.41. The lowest BCUT2D eigenvalue weighted by Gasteiger charge is -2.19. The Morgan fingerprint density at radius 2 is 1.73 bits per heavy atom. The maximum atomic E-state index is 14.1. The van der Waals surface area contributed by atoms with Crippen LogP contribution in [0.4, 0.5) is 4.39 Å². The zero-order valence-corrected chi connectivity index (χ0v) is 20.0. The van der Waals surface area contributed by atoms with E-state index in [1.54, 1.807) is 13.1 Å². The van der Waals surface area contributed by atoms with Gasteiger partial charge in [0.05, 0.1) is 5.75 Å². The molecule has 0 saturated heterocycles. The van der Waals surface area contributed by atoms with Crippen LogP contribution in [0.1, 0.15) is 24.0 Å². The smallest absolute Gasteiger partial charge is 0.213 e. The average molecular weight is 546 g/mol. The van der Waals surface area contributed by atoms with Gasteiger partial charge in [-0.1, -0.05) is 48.5 Å². The van der Waals surface area contributed by atoms with Crippen LogP contribution in [-0.2, 0) is 22.0 Å². The van der Waals surface area contributed by atoms with Gasteiger partial charge in [-0.15, -0.1) is 24.0 Å². The van der Waals surface area contributed by atoms with Crippen molar-refractivity contribution in [2.24, 2.45) is 4.99 Å². The fraction of sp³-hybridized carbons (Fsp3) is 0.381. The van der Waals surface area contributed by atoms with Crippen LogP contribution in [0.2, 0.25) is 0 Å². The SMILES string of the molecule is CN=C(NCCS(=O)(=O)NCc1ccccc1)NCC1(c2ccccc2F)CC1.I. The molecule has 0 spiro atoms. The van der Waals surface area contributed by atoms with E-state index in [-0.39, 0.29) is 54.1 Å². The van der Waals surface area contributed by atoms with Crippen LogP contribution in [0.15, 0.2) is 59.6 Å². The lowest BCUT2D eigenvalue weighted by Crippen LogP contribution is -2.43. The fourth-order valence-corrected chi connectivity index (χ4v) is 4.12. The van der Waals surface area contributed by atoms with Crippen molar-refractivity contribution < 1.29 is 12.8 Å². The van der Waals surface area contributed by atoms with Gasteiger partial charge >= 0.3 is 0 Å². The summed E-state index contributed by atoms with van der Waals surface area (Å²) in [6, 6.07) is 16.2. The first-order valence-corrected chi connectivity index (χ1v) is 11.3. The Kier molecular flexibility index (Phi) is 9.05. The van der Waals surface area contributed by atoms with E-state index in [4.69, 9.17) is 0 Å². The molecule has 1 fully saturated rings. The molecule has 2 aromatic carbocycles. The number of hydrogen-bond donors (Lipinski definition) is 3. The number of aliphatic imine (C=N–C) groups is 1. The number of halogens is 2. The minimum Gasteiger partial charge on any atom is -0.356 e. The molecule has 0 aromatic heterocycles. The first-order valence-electron chi connectivity index (χ1n) is 9.65. The van der Waals surface area contributed by atoms with Crippen LogP contribution in [-0.4, -0.2) is 40.3 Å². The second kappa shape index (κ2) is 11.1. The number of hydrogen-bond acceptors (Lipinski definition) is 3. The minimum absolute atomic E-state index is 0. The minimum atomic E-state index is -3.41. The molecule has 0 bridgehead atoms. The Morgan fingerprint density at radius 1 is 1.07 bits per heavy atom. The van der Waals surface area contributed by atoms with E-state index in [0.29, 0.717) is 12.5 Å². The van der Waals surface area contributed by atoms with E-state index in [9.17, 15) is 12.8 Å². The fourth-order valence-electron chi connectivity index (χ4n) is 3.22. The molecule has 0 radical (unpaired) electrons. The summed E-state index contributed by atoms with van der Waals surface area (Å²) in [5, 5.41) is 6.22. The Hall–Kier alpha value is -1.72. The van der Waals surface area contributed by atoms with Crippen LogP contribution in [0, 0.1) is 5.82 Å². The lowest BCUT2D eigenvalue weighted by atomic mass is 9.95. The van der Waals surface area contributed by atoms with Gasteiger partial charge in [0.2, 0.25) is 10.0 Å². The molecule has 0 aliphatic heterocycles. The summed E-state index contributed by atoms with van der Waals surface area (Å²) < 4.78 is 41.0. The van der Waals surface area contributed by atoms with Gasteiger partial charge in [0.1, 0.15) is 5.82 Å². The van der Waals surface area contributed by atoms with Gasteiger partial charge in [-0.25, -0.2) is 17.5 Å². The van der Waals surface area contributed by atoms with E-state index in [2.05, 4.69) is 20.3 Å². The number of nitrogens with zero attached hydrogens (tertiary/aromatic N) is 1. The topological polar surface area (TPSA) is 82.6 Å². The second-order valence-corrected chi connectivity index (χ2v) is 9.16. The molecule has 3 rings (SSSR count). The molecular weight excluding hydrogens is 518 g/mol. The summed E-state index contributed by atoms with van der Waals surface area (Å²) in [5.74, 6) is 0.245. The number of nitrogens with one attached hydrogen (secondary N) is 3. The van der Waals surface area contributed by atoms with Gasteiger partial charge in [-0.05, 0) is 30.0 Å². The standard InChI is InChI=1S/C21H27FN4O2S.HI/c1-23-20(25-16-21(11-12-21)18-9-5-6-10-19(18)22)24-13-14-29(27,28)26-15-17-7-3-2-4-8-17;/h2-10,26H,11-16H2,1H3,(H2,23,24,25);1H. The largest absolute Gasteiger partial charge is 0.356 e. The van der Waals surface area contributed by atoms with Crippen LogP contribution in [0.3, 0.4) is 0 Å². The zero-order valence-electron chi connectivity index (χ0n) is 16.9. The van der Waals surface area contributed by atoms with Gasteiger partial charge in [-0.2, -0.15) is 0 Å². The zero-order chi connectivity index (χ0) is 20.7. The van der Waals surface area contributed by atoms with Gasteiger partial charge in [0, 0.05) is 32.1 Å². The van der Waals surface area contributed by atoms with Crippen LogP contribution >= 0.6 is 24.0 Å². The maximum Gasteiger partial charge on any atom is 0.213 e. The quantitative estimate of drug-likeness (QED) is 0.257. The highest BCUT2D eigenvalue weighted by atomic mass is 127. The Bertz CT molecular complexity index is 950. The molecule has 0 unspecified atom stereocenters. The van der Waals surface area contributed by atoms with Crippen molar-refractivity contribution in [3.05, 3.63) is 71.5 Å². The maximum absolute atomic E-state index is 14.1. The Labute approximate surface area is 194 Å². The second-order valence-electron chi connectivity index (χ2n) is 7.24. The molecule has 1 aliphatic carbocycles. The van der Waals surface area contributed by atoms with Crippen LogP contribution in [0.25, 0.3) is 0 Å².